The fraction of sp³-hybridized carbons (Fsp3) is 0.556. The molecule has 0 radical (unpaired) electrons. The smallest absolute Gasteiger partial charge is 0.315 e. The second-order valence-electron chi connectivity index (χ2n) is 6.39. The number of carbonyl (C=O) groups is 2. The molecule has 0 bridgehead atoms. The monoisotopic (exact) mass is 317 g/mol. The Bertz CT molecular complexity index is 516. The Kier molecular flexibility index (Phi) is 6.44. The van der Waals surface area contributed by atoms with Crippen LogP contribution in [0.25, 0.3) is 0 Å². The maximum atomic E-state index is 12.2. The number of rotatable bonds is 5. The van der Waals surface area contributed by atoms with Crippen LogP contribution in [0, 0.1) is 0 Å². The van der Waals surface area contributed by atoms with Gasteiger partial charge in [-0.1, -0.05) is 36.8 Å². The number of likely N-dealkylation sites (tertiary alicyclic amines) is 1. The summed E-state index contributed by atoms with van der Waals surface area (Å²) >= 11 is 0. The Morgan fingerprint density at radius 3 is 2.57 bits per heavy atom. The van der Waals surface area contributed by atoms with Crippen LogP contribution in [0.15, 0.2) is 30.3 Å². The average molecular weight is 317 g/mol. The fourth-order valence-corrected chi connectivity index (χ4v) is 2.83. The zero-order valence-electron chi connectivity index (χ0n) is 14.0. The molecule has 0 aromatic heterocycles. The molecule has 0 spiro atoms. The van der Waals surface area contributed by atoms with E-state index >= 15 is 0 Å². The topological polar surface area (TPSA) is 61.4 Å². The van der Waals surface area contributed by atoms with Crippen LogP contribution in [-0.4, -0.2) is 36.0 Å². The van der Waals surface area contributed by atoms with Crippen LogP contribution in [0.3, 0.4) is 0 Å². The number of nitrogens with zero attached hydrogens (tertiary/aromatic N) is 1. The van der Waals surface area contributed by atoms with Crippen LogP contribution in [0.5, 0.6) is 0 Å². The molecule has 1 aliphatic heterocycles. The fourth-order valence-electron chi connectivity index (χ4n) is 2.83. The molecule has 3 amide bonds. The van der Waals surface area contributed by atoms with E-state index in [0.717, 1.165) is 31.4 Å². The lowest BCUT2D eigenvalue weighted by molar-refractivity contribution is -0.131. The Morgan fingerprint density at radius 1 is 1.13 bits per heavy atom. The van der Waals surface area contributed by atoms with E-state index in [0.29, 0.717) is 13.0 Å². The highest BCUT2D eigenvalue weighted by Crippen LogP contribution is 2.18. The summed E-state index contributed by atoms with van der Waals surface area (Å²) in [6.45, 7) is 5.15. The minimum absolute atomic E-state index is 0.0752. The van der Waals surface area contributed by atoms with Crippen molar-refractivity contribution in [3.63, 3.8) is 0 Å². The van der Waals surface area contributed by atoms with Crippen LogP contribution in [0.4, 0.5) is 4.79 Å². The van der Waals surface area contributed by atoms with Crippen molar-refractivity contribution in [1.82, 2.24) is 15.5 Å². The van der Waals surface area contributed by atoms with E-state index < -0.39 is 0 Å². The Balaban J connectivity index is 2.09. The summed E-state index contributed by atoms with van der Waals surface area (Å²) in [6.07, 6.45) is 3.71. The molecule has 1 heterocycles. The largest absolute Gasteiger partial charge is 0.340 e. The molecular formula is C18H27N3O2. The normalized spacial score (nSPS) is 16.8. The predicted octanol–water partition coefficient (Wildman–Crippen LogP) is 2.84. The van der Waals surface area contributed by atoms with Crippen molar-refractivity contribution in [3.05, 3.63) is 35.9 Å². The first kappa shape index (κ1) is 17.3. The van der Waals surface area contributed by atoms with Gasteiger partial charge in [-0.05, 0) is 32.3 Å². The summed E-state index contributed by atoms with van der Waals surface area (Å²) < 4.78 is 0. The van der Waals surface area contributed by atoms with Gasteiger partial charge in [0.2, 0.25) is 5.91 Å². The van der Waals surface area contributed by atoms with Gasteiger partial charge in [0.05, 0.1) is 6.04 Å². The van der Waals surface area contributed by atoms with Gasteiger partial charge in [0, 0.05) is 25.6 Å². The zero-order chi connectivity index (χ0) is 16.7. The quantitative estimate of drug-likeness (QED) is 0.877. The van der Waals surface area contributed by atoms with E-state index in [1.807, 2.05) is 49.1 Å². The van der Waals surface area contributed by atoms with Gasteiger partial charge in [0.25, 0.3) is 0 Å². The molecular weight excluding hydrogens is 290 g/mol. The molecule has 2 N–H and O–H groups in total. The molecule has 2 rings (SSSR count). The second-order valence-corrected chi connectivity index (χ2v) is 6.39. The maximum Gasteiger partial charge on any atom is 0.315 e. The molecule has 126 valence electrons. The van der Waals surface area contributed by atoms with Crippen molar-refractivity contribution < 1.29 is 9.59 Å². The van der Waals surface area contributed by atoms with Crippen molar-refractivity contribution in [2.45, 2.75) is 51.6 Å². The molecule has 0 unspecified atom stereocenters. The number of benzene rings is 1. The minimum Gasteiger partial charge on any atom is -0.340 e. The lowest BCUT2D eigenvalue weighted by Gasteiger charge is -2.28. The Morgan fingerprint density at radius 2 is 1.87 bits per heavy atom. The van der Waals surface area contributed by atoms with E-state index in [-0.39, 0.29) is 24.0 Å². The number of hydrogen-bond acceptors (Lipinski definition) is 2. The molecule has 5 heteroatoms. The van der Waals surface area contributed by atoms with Gasteiger partial charge in [-0.25, -0.2) is 4.79 Å². The predicted molar refractivity (Wildman–Crippen MR) is 91.0 cm³/mol. The highest BCUT2D eigenvalue weighted by molar-refractivity contribution is 5.77. The molecule has 1 saturated heterocycles. The molecule has 1 fully saturated rings. The lowest BCUT2D eigenvalue weighted by Crippen LogP contribution is -2.45. The third-order valence-electron chi connectivity index (χ3n) is 4.00. The second kappa shape index (κ2) is 8.56. The van der Waals surface area contributed by atoms with Gasteiger partial charge in [-0.15, -0.1) is 0 Å². The molecule has 1 aliphatic rings. The molecule has 1 aromatic carbocycles. The van der Waals surface area contributed by atoms with E-state index in [1.54, 1.807) is 0 Å². The first-order valence-corrected chi connectivity index (χ1v) is 8.46. The van der Waals surface area contributed by atoms with E-state index in [9.17, 15) is 9.59 Å². The standard InChI is InChI=1S/C18H27N3O2/c1-14(2)19-18(23)20-16(15-9-5-3-6-10-15)13-21-12-8-4-7-11-17(21)22/h3,5-6,9-10,14,16H,4,7-8,11-13H2,1-2H3,(H2,19,20,23)/t16-/m1/s1. The molecule has 5 nitrogen and oxygen atoms in total. The summed E-state index contributed by atoms with van der Waals surface area (Å²) in [6, 6.07) is 9.51. The maximum absolute atomic E-state index is 12.2. The van der Waals surface area contributed by atoms with Crippen molar-refractivity contribution in [3.8, 4) is 0 Å². The molecule has 1 atom stereocenters. The first-order chi connectivity index (χ1) is 11.1. The third kappa shape index (κ3) is 5.58. The van der Waals surface area contributed by atoms with Crippen molar-refractivity contribution in [2.75, 3.05) is 13.1 Å². The van der Waals surface area contributed by atoms with Crippen LogP contribution in [0.1, 0.15) is 51.1 Å². The van der Waals surface area contributed by atoms with Crippen molar-refractivity contribution >= 4 is 11.9 Å². The van der Waals surface area contributed by atoms with E-state index in [1.165, 1.54) is 0 Å². The number of carbonyl (C=O) groups excluding carboxylic acids is 2. The summed E-state index contributed by atoms with van der Waals surface area (Å²) in [5, 5.41) is 5.86. The van der Waals surface area contributed by atoms with Crippen molar-refractivity contribution in [1.29, 1.82) is 0 Å². The average Bonchev–Trinajstić information content (AvgIpc) is 2.71. The van der Waals surface area contributed by atoms with Crippen molar-refractivity contribution in [2.24, 2.45) is 0 Å². The molecule has 1 aromatic rings. The van der Waals surface area contributed by atoms with Crippen LogP contribution < -0.4 is 10.6 Å². The summed E-state index contributed by atoms with van der Waals surface area (Å²) in [7, 11) is 0. The van der Waals surface area contributed by atoms with E-state index in [2.05, 4.69) is 10.6 Å². The van der Waals surface area contributed by atoms with E-state index in [4.69, 9.17) is 0 Å². The molecule has 0 saturated carbocycles. The lowest BCUT2D eigenvalue weighted by atomic mass is 10.1. The minimum atomic E-state index is -0.198. The zero-order valence-corrected chi connectivity index (χ0v) is 14.0. The van der Waals surface area contributed by atoms with Gasteiger partial charge in [-0.2, -0.15) is 0 Å². The van der Waals surface area contributed by atoms with Gasteiger partial charge < -0.3 is 15.5 Å². The molecule has 0 aliphatic carbocycles. The van der Waals surface area contributed by atoms with Crippen LogP contribution in [-0.2, 0) is 4.79 Å². The number of nitrogens with one attached hydrogen (secondary N) is 2. The Hall–Kier alpha value is -2.04. The summed E-state index contributed by atoms with van der Waals surface area (Å²) in [4.78, 5) is 26.2. The summed E-state index contributed by atoms with van der Waals surface area (Å²) in [5.41, 5.74) is 1.02. The van der Waals surface area contributed by atoms with Gasteiger partial charge >= 0.3 is 6.03 Å². The summed E-state index contributed by atoms with van der Waals surface area (Å²) in [5.74, 6) is 0.189. The number of urea groups is 1. The Labute approximate surface area is 138 Å². The van der Waals surface area contributed by atoms with Crippen LogP contribution >= 0.6 is 0 Å². The number of amides is 3. The van der Waals surface area contributed by atoms with Crippen LogP contribution in [0.2, 0.25) is 0 Å². The van der Waals surface area contributed by atoms with Gasteiger partial charge in [0.15, 0.2) is 0 Å². The highest BCUT2D eigenvalue weighted by Gasteiger charge is 2.23. The number of hydrogen-bond donors (Lipinski definition) is 2. The SMILES string of the molecule is CC(C)NC(=O)N[C@H](CN1CCCCCC1=O)c1ccccc1. The molecule has 23 heavy (non-hydrogen) atoms. The van der Waals surface area contributed by atoms with Gasteiger partial charge in [-0.3, -0.25) is 4.79 Å². The third-order valence-corrected chi connectivity index (χ3v) is 4.00. The van der Waals surface area contributed by atoms with Gasteiger partial charge in [0.1, 0.15) is 0 Å². The first-order valence-electron chi connectivity index (χ1n) is 8.46. The highest BCUT2D eigenvalue weighted by atomic mass is 16.2.